The van der Waals surface area contributed by atoms with Gasteiger partial charge in [0.2, 0.25) is 10.0 Å². The molecule has 4 heterocycles. The number of aryl methyl sites for hydroxylation is 2. The Bertz CT molecular complexity index is 1590. The number of likely N-dealkylation sites (N-methyl/N-ethyl adjacent to an activating group) is 1. The van der Waals surface area contributed by atoms with Crippen LogP contribution in [0.3, 0.4) is 0 Å². The number of nitrogens with zero attached hydrogens (tertiary/aromatic N) is 5. The summed E-state index contributed by atoms with van der Waals surface area (Å²) in [6, 6.07) is 4.78. The average Bonchev–Trinajstić information content (AvgIpc) is 3.42. The first-order chi connectivity index (χ1) is 17.2. The molecule has 1 fully saturated rings. The summed E-state index contributed by atoms with van der Waals surface area (Å²) in [6.45, 7) is 6.39. The Morgan fingerprint density at radius 2 is 1.89 bits per heavy atom. The molecule has 0 unspecified atom stereocenters. The molecule has 4 aromatic rings. The van der Waals surface area contributed by atoms with Crippen LogP contribution in [-0.4, -0.2) is 77.2 Å². The molecular formula is C24H30N6O5S. The van der Waals surface area contributed by atoms with Gasteiger partial charge in [-0.3, -0.25) is 9.48 Å². The molecule has 0 bridgehead atoms. The van der Waals surface area contributed by atoms with Crippen molar-refractivity contribution in [2.75, 3.05) is 39.8 Å². The van der Waals surface area contributed by atoms with Gasteiger partial charge in [-0.05, 0) is 38.6 Å². The molecule has 0 atom stereocenters. The van der Waals surface area contributed by atoms with E-state index < -0.39 is 10.0 Å². The maximum Gasteiger partial charge on any atom is 0.277 e. The van der Waals surface area contributed by atoms with Gasteiger partial charge < -0.3 is 19.0 Å². The van der Waals surface area contributed by atoms with Gasteiger partial charge >= 0.3 is 0 Å². The quantitative estimate of drug-likeness (QED) is 0.398. The lowest BCUT2D eigenvalue weighted by Gasteiger charge is -2.31. The normalized spacial score (nSPS) is 15.8. The molecule has 12 heteroatoms. The first-order valence-corrected chi connectivity index (χ1v) is 13.5. The molecule has 11 nitrogen and oxygen atoms in total. The Morgan fingerprint density at radius 3 is 2.58 bits per heavy atom. The number of aromatic amines is 1. The summed E-state index contributed by atoms with van der Waals surface area (Å²) in [5.74, 6) is 0.879. The number of hydrogen-bond donors (Lipinski definition) is 1. The van der Waals surface area contributed by atoms with Crippen molar-refractivity contribution in [3.8, 4) is 17.3 Å². The zero-order valence-electron chi connectivity index (χ0n) is 20.9. The second kappa shape index (κ2) is 9.34. The molecule has 3 aromatic heterocycles. The Hall–Kier alpha value is -3.22. The first-order valence-electron chi connectivity index (χ1n) is 12.1. The van der Waals surface area contributed by atoms with E-state index in [1.54, 1.807) is 25.2 Å². The van der Waals surface area contributed by atoms with Gasteiger partial charge in [0.15, 0.2) is 28.4 Å². The molecule has 5 rings (SSSR count). The number of rotatable bonds is 7. The van der Waals surface area contributed by atoms with Crippen LogP contribution in [0.25, 0.3) is 33.6 Å². The lowest BCUT2D eigenvalue weighted by Crippen LogP contribution is -2.47. The van der Waals surface area contributed by atoms with Gasteiger partial charge in [0, 0.05) is 38.6 Å². The number of fused-ring (bicyclic) bond motifs is 2. The Kier molecular flexibility index (Phi) is 6.35. The van der Waals surface area contributed by atoms with Gasteiger partial charge in [-0.25, -0.2) is 13.4 Å². The van der Waals surface area contributed by atoms with Gasteiger partial charge in [-0.2, -0.15) is 9.40 Å². The van der Waals surface area contributed by atoms with Gasteiger partial charge in [0.1, 0.15) is 5.52 Å². The third-order valence-corrected chi connectivity index (χ3v) is 8.43. The van der Waals surface area contributed by atoms with Crippen LogP contribution < -0.4 is 10.3 Å². The van der Waals surface area contributed by atoms with Gasteiger partial charge in [-0.1, -0.05) is 13.3 Å². The molecule has 1 aromatic carbocycles. The van der Waals surface area contributed by atoms with Crippen LogP contribution in [0.2, 0.25) is 0 Å². The van der Waals surface area contributed by atoms with E-state index in [9.17, 15) is 13.2 Å². The van der Waals surface area contributed by atoms with Crippen LogP contribution in [0.1, 0.15) is 26.0 Å². The van der Waals surface area contributed by atoms with E-state index in [0.29, 0.717) is 67.0 Å². The zero-order chi connectivity index (χ0) is 25.6. The molecule has 36 heavy (non-hydrogen) atoms. The van der Waals surface area contributed by atoms with E-state index in [2.05, 4.69) is 20.0 Å². The predicted octanol–water partition coefficient (Wildman–Crippen LogP) is 2.36. The number of hydrogen-bond acceptors (Lipinski definition) is 8. The SMILES string of the molecule is CCCc1nn(C)c2c(=O)[nH]c(-c3cc4c(S(=O)(=O)N5CCN(C)CC5)ccc(OCC)c4o3)nc12. The Labute approximate surface area is 208 Å². The van der Waals surface area contributed by atoms with E-state index in [1.807, 2.05) is 20.9 Å². The predicted molar refractivity (Wildman–Crippen MR) is 136 cm³/mol. The summed E-state index contributed by atoms with van der Waals surface area (Å²) >= 11 is 0. The fourth-order valence-electron chi connectivity index (χ4n) is 4.62. The summed E-state index contributed by atoms with van der Waals surface area (Å²) in [5.41, 5.74) is 1.57. The third-order valence-electron chi connectivity index (χ3n) is 6.47. The minimum absolute atomic E-state index is 0.136. The van der Waals surface area contributed by atoms with Crippen molar-refractivity contribution >= 4 is 32.0 Å². The van der Waals surface area contributed by atoms with E-state index >= 15 is 0 Å². The monoisotopic (exact) mass is 514 g/mol. The van der Waals surface area contributed by atoms with E-state index in [1.165, 1.54) is 8.99 Å². The van der Waals surface area contributed by atoms with Crippen molar-refractivity contribution in [3.63, 3.8) is 0 Å². The third kappa shape index (κ3) is 4.08. The molecule has 1 aliphatic rings. The van der Waals surface area contributed by atoms with Crippen LogP contribution >= 0.6 is 0 Å². The summed E-state index contributed by atoms with van der Waals surface area (Å²) in [4.78, 5) is 22.6. The minimum atomic E-state index is -3.78. The number of sulfonamides is 1. The van der Waals surface area contributed by atoms with Crippen LogP contribution in [0.5, 0.6) is 5.75 Å². The maximum atomic E-state index is 13.6. The molecule has 0 spiro atoms. The number of ether oxygens (including phenoxy) is 1. The molecular weight excluding hydrogens is 484 g/mol. The molecule has 1 saturated heterocycles. The maximum absolute atomic E-state index is 13.6. The summed E-state index contributed by atoms with van der Waals surface area (Å²) in [5, 5.41) is 4.84. The van der Waals surface area contributed by atoms with Gasteiger partial charge in [0.25, 0.3) is 5.56 Å². The second-order valence-electron chi connectivity index (χ2n) is 8.99. The van der Waals surface area contributed by atoms with Crippen molar-refractivity contribution in [3.05, 3.63) is 34.2 Å². The summed E-state index contributed by atoms with van der Waals surface area (Å²) in [7, 11) is -0.0969. The molecule has 1 aliphatic heterocycles. The fourth-order valence-corrected chi connectivity index (χ4v) is 6.21. The van der Waals surface area contributed by atoms with Crippen molar-refractivity contribution in [1.82, 2.24) is 29.0 Å². The van der Waals surface area contributed by atoms with Crippen LogP contribution in [0, 0.1) is 0 Å². The van der Waals surface area contributed by atoms with E-state index in [4.69, 9.17) is 9.15 Å². The number of furan rings is 1. The number of benzene rings is 1. The second-order valence-corrected chi connectivity index (χ2v) is 10.9. The van der Waals surface area contributed by atoms with Gasteiger partial charge in [-0.15, -0.1) is 0 Å². The van der Waals surface area contributed by atoms with Crippen LogP contribution in [0.15, 0.2) is 32.3 Å². The summed E-state index contributed by atoms with van der Waals surface area (Å²) < 4.78 is 42.1. The molecule has 1 N–H and O–H groups in total. The zero-order valence-corrected chi connectivity index (χ0v) is 21.7. The number of aromatic nitrogens is 4. The van der Waals surface area contributed by atoms with Crippen molar-refractivity contribution in [2.24, 2.45) is 7.05 Å². The topological polar surface area (TPSA) is 127 Å². The average molecular weight is 515 g/mol. The highest BCUT2D eigenvalue weighted by molar-refractivity contribution is 7.89. The fraction of sp³-hybridized carbons (Fsp3) is 0.458. The number of nitrogens with one attached hydrogen (secondary N) is 1. The highest BCUT2D eigenvalue weighted by atomic mass is 32.2. The van der Waals surface area contributed by atoms with E-state index in [-0.39, 0.29) is 22.0 Å². The number of piperazine rings is 1. The molecule has 192 valence electrons. The van der Waals surface area contributed by atoms with E-state index in [0.717, 1.165) is 12.1 Å². The van der Waals surface area contributed by atoms with Crippen molar-refractivity contribution < 1.29 is 17.6 Å². The van der Waals surface area contributed by atoms with Crippen molar-refractivity contribution in [1.29, 1.82) is 0 Å². The first kappa shape index (κ1) is 24.5. The molecule has 0 aliphatic carbocycles. The number of H-pyrrole nitrogens is 1. The van der Waals surface area contributed by atoms with Gasteiger partial charge in [0.05, 0.1) is 17.2 Å². The molecule has 0 amide bonds. The lowest BCUT2D eigenvalue weighted by atomic mass is 10.2. The van der Waals surface area contributed by atoms with Crippen molar-refractivity contribution in [2.45, 2.75) is 31.6 Å². The Morgan fingerprint density at radius 1 is 1.14 bits per heavy atom. The smallest absolute Gasteiger partial charge is 0.277 e. The minimum Gasteiger partial charge on any atom is -0.490 e. The molecule has 0 radical (unpaired) electrons. The highest BCUT2D eigenvalue weighted by Crippen LogP contribution is 2.38. The largest absolute Gasteiger partial charge is 0.490 e. The standard InChI is InChI=1S/C24H30N6O5S/c1-5-7-16-20-21(29(4)27-16)24(31)26-23(25-20)18-14-15-19(9-8-17(34-6-2)22(15)35-18)36(32,33)30-12-10-28(3)11-13-30/h8-9,14H,5-7,10-13H2,1-4H3,(H,25,26,31). The van der Waals surface area contributed by atoms with Crippen LogP contribution in [-0.2, 0) is 23.5 Å². The highest BCUT2D eigenvalue weighted by Gasteiger charge is 2.31. The summed E-state index contributed by atoms with van der Waals surface area (Å²) in [6.07, 6.45) is 1.53. The van der Waals surface area contributed by atoms with Crippen LogP contribution in [0.4, 0.5) is 0 Å². The Balaban J connectivity index is 1.68. The lowest BCUT2D eigenvalue weighted by molar-refractivity contribution is 0.222. The molecule has 0 saturated carbocycles.